The molecular weight excluding hydrogens is 436 g/mol. The van der Waals surface area contributed by atoms with Crippen molar-refractivity contribution >= 4 is 34.7 Å². The first kappa shape index (κ1) is 21.1. The van der Waals surface area contributed by atoms with E-state index in [9.17, 15) is 14.7 Å². The number of carbonyl (C=O) groups is 1. The number of ether oxygens (including phenoxy) is 2. The fraction of sp³-hybridized carbons (Fsp3) is 0.227. The van der Waals surface area contributed by atoms with Crippen LogP contribution in [0.1, 0.15) is 30.3 Å². The van der Waals surface area contributed by atoms with Crippen LogP contribution in [0.4, 0.5) is 0 Å². The van der Waals surface area contributed by atoms with Crippen molar-refractivity contribution in [2.24, 2.45) is 4.99 Å². The molecule has 0 bridgehead atoms. The molecule has 0 spiro atoms. The van der Waals surface area contributed by atoms with Crippen molar-refractivity contribution in [2.45, 2.75) is 19.9 Å². The Hall–Kier alpha value is -3.17. The van der Waals surface area contributed by atoms with Gasteiger partial charge in [0.05, 0.1) is 29.5 Å². The minimum Gasteiger partial charge on any atom is -0.504 e. The maximum Gasteiger partial charge on any atom is 0.338 e. The number of phenols is 1. The lowest BCUT2D eigenvalue weighted by atomic mass is 10.0. The topological polar surface area (TPSA) is 90.1 Å². The number of fused-ring (bicyclic) bond motifs is 1. The highest BCUT2D eigenvalue weighted by atomic mass is 32.1. The molecular formula is C22H20N2O5S2. The van der Waals surface area contributed by atoms with Crippen molar-refractivity contribution < 1.29 is 19.4 Å². The number of thiazole rings is 1. The number of rotatable bonds is 5. The number of benzene rings is 1. The molecule has 160 valence electrons. The number of nitrogens with zero attached hydrogens (tertiary/aromatic N) is 2. The SMILES string of the molecule is CCOC(=O)C1=C(C)N=c2s/c(=C\c3ccc(OC)c(O)c3)c(=O)n2[C@H]1c1cccs1. The minimum atomic E-state index is -0.596. The monoisotopic (exact) mass is 456 g/mol. The van der Waals surface area contributed by atoms with Crippen LogP contribution in [0.15, 0.2) is 56.8 Å². The van der Waals surface area contributed by atoms with E-state index in [1.807, 2.05) is 17.5 Å². The fourth-order valence-electron chi connectivity index (χ4n) is 3.46. The molecule has 2 aromatic heterocycles. The van der Waals surface area contributed by atoms with E-state index >= 15 is 0 Å². The third kappa shape index (κ3) is 3.82. The molecule has 0 aliphatic carbocycles. The van der Waals surface area contributed by atoms with Gasteiger partial charge in [-0.15, -0.1) is 11.3 Å². The van der Waals surface area contributed by atoms with Crippen LogP contribution in [-0.4, -0.2) is 29.4 Å². The Morgan fingerprint density at radius 2 is 2.16 bits per heavy atom. The lowest BCUT2D eigenvalue weighted by Gasteiger charge is -2.23. The molecule has 1 aliphatic heterocycles. The predicted molar refractivity (Wildman–Crippen MR) is 119 cm³/mol. The summed E-state index contributed by atoms with van der Waals surface area (Å²) in [6.07, 6.45) is 1.69. The summed E-state index contributed by atoms with van der Waals surface area (Å²) >= 11 is 2.70. The summed E-state index contributed by atoms with van der Waals surface area (Å²) in [4.78, 5) is 32.0. The Kier molecular flexibility index (Phi) is 5.79. The second-order valence-corrected chi connectivity index (χ2v) is 8.74. The van der Waals surface area contributed by atoms with Crippen molar-refractivity contribution in [3.63, 3.8) is 0 Å². The summed E-state index contributed by atoms with van der Waals surface area (Å²) in [5, 5.41) is 12.0. The van der Waals surface area contributed by atoms with Crippen LogP contribution in [0.3, 0.4) is 0 Å². The molecule has 0 amide bonds. The molecule has 1 aliphatic rings. The quantitative estimate of drug-likeness (QED) is 0.596. The van der Waals surface area contributed by atoms with E-state index in [-0.39, 0.29) is 17.9 Å². The average molecular weight is 457 g/mol. The van der Waals surface area contributed by atoms with E-state index < -0.39 is 12.0 Å². The zero-order valence-electron chi connectivity index (χ0n) is 17.1. The number of allylic oxidation sites excluding steroid dienone is 1. The van der Waals surface area contributed by atoms with E-state index in [1.54, 1.807) is 36.6 Å². The van der Waals surface area contributed by atoms with Crippen LogP contribution >= 0.6 is 22.7 Å². The van der Waals surface area contributed by atoms with Gasteiger partial charge in [-0.05, 0) is 49.1 Å². The Morgan fingerprint density at radius 1 is 1.35 bits per heavy atom. The number of hydrogen-bond acceptors (Lipinski definition) is 8. The predicted octanol–water partition coefficient (Wildman–Crippen LogP) is 2.57. The van der Waals surface area contributed by atoms with Crippen molar-refractivity contribution in [1.29, 1.82) is 0 Å². The Bertz CT molecular complexity index is 1350. The number of aromatic hydroxyl groups is 1. The first-order chi connectivity index (χ1) is 14.9. The van der Waals surface area contributed by atoms with Crippen LogP contribution in [-0.2, 0) is 9.53 Å². The van der Waals surface area contributed by atoms with Crippen LogP contribution in [0.25, 0.3) is 6.08 Å². The lowest BCUT2D eigenvalue weighted by Crippen LogP contribution is -2.39. The van der Waals surface area contributed by atoms with Crippen molar-refractivity contribution in [1.82, 2.24) is 4.57 Å². The standard InChI is InChI=1S/C22H20N2O5S2/c1-4-29-21(27)18-12(2)23-22-24(19(18)16-6-5-9-30-16)20(26)17(31-22)11-13-7-8-15(28-3)14(25)10-13/h5-11,19,25H,4H2,1-3H3/b17-11-/t19-/m0/s1. The molecule has 0 unspecified atom stereocenters. The summed E-state index contributed by atoms with van der Waals surface area (Å²) in [7, 11) is 1.47. The number of esters is 1. The Labute approximate surface area is 185 Å². The van der Waals surface area contributed by atoms with E-state index in [2.05, 4.69) is 4.99 Å². The zero-order chi connectivity index (χ0) is 22.1. The van der Waals surface area contributed by atoms with Crippen LogP contribution in [0.5, 0.6) is 11.5 Å². The van der Waals surface area contributed by atoms with E-state index in [4.69, 9.17) is 9.47 Å². The largest absolute Gasteiger partial charge is 0.504 e. The summed E-state index contributed by atoms with van der Waals surface area (Å²) in [5.74, 6) is -0.136. The maximum atomic E-state index is 13.4. The zero-order valence-corrected chi connectivity index (χ0v) is 18.8. The lowest BCUT2D eigenvalue weighted by molar-refractivity contribution is -0.139. The molecule has 31 heavy (non-hydrogen) atoms. The molecule has 1 N–H and O–H groups in total. The Balaban J connectivity index is 1.91. The summed E-state index contributed by atoms with van der Waals surface area (Å²) in [6.45, 7) is 3.73. The highest BCUT2D eigenvalue weighted by molar-refractivity contribution is 7.10. The molecule has 3 aromatic rings. The van der Waals surface area contributed by atoms with Crippen molar-refractivity contribution in [3.05, 3.63) is 77.1 Å². The number of aromatic nitrogens is 1. The normalized spacial score (nSPS) is 16.1. The van der Waals surface area contributed by atoms with Gasteiger partial charge in [-0.3, -0.25) is 9.36 Å². The van der Waals surface area contributed by atoms with Crippen LogP contribution in [0.2, 0.25) is 0 Å². The van der Waals surface area contributed by atoms with Gasteiger partial charge in [0, 0.05) is 4.88 Å². The molecule has 9 heteroatoms. The van der Waals surface area contributed by atoms with E-state index in [1.165, 1.54) is 35.8 Å². The molecule has 0 radical (unpaired) electrons. The highest BCUT2D eigenvalue weighted by Crippen LogP contribution is 2.33. The molecule has 0 saturated carbocycles. The molecule has 3 heterocycles. The number of hydrogen-bond donors (Lipinski definition) is 1. The maximum absolute atomic E-state index is 13.4. The van der Waals surface area contributed by atoms with Gasteiger partial charge in [0.15, 0.2) is 16.3 Å². The molecule has 7 nitrogen and oxygen atoms in total. The van der Waals surface area contributed by atoms with Crippen LogP contribution in [0, 0.1) is 0 Å². The molecule has 1 atom stereocenters. The van der Waals surface area contributed by atoms with Gasteiger partial charge in [-0.25, -0.2) is 9.79 Å². The molecule has 0 fully saturated rings. The highest BCUT2D eigenvalue weighted by Gasteiger charge is 2.33. The van der Waals surface area contributed by atoms with Gasteiger partial charge in [0.2, 0.25) is 0 Å². The second kappa shape index (κ2) is 8.52. The number of methoxy groups -OCH3 is 1. The third-order valence-corrected chi connectivity index (χ3v) is 6.74. The van der Waals surface area contributed by atoms with Gasteiger partial charge < -0.3 is 14.6 Å². The third-order valence-electron chi connectivity index (χ3n) is 4.83. The van der Waals surface area contributed by atoms with Gasteiger partial charge in [-0.1, -0.05) is 23.5 Å². The fourth-order valence-corrected chi connectivity index (χ4v) is 5.33. The van der Waals surface area contributed by atoms with Gasteiger partial charge in [0.25, 0.3) is 5.56 Å². The average Bonchev–Trinajstić information content (AvgIpc) is 3.36. The number of carbonyl (C=O) groups excluding carboxylic acids is 1. The van der Waals surface area contributed by atoms with E-state index in [0.29, 0.717) is 31.9 Å². The number of phenolic OH excluding ortho intramolecular Hbond substituents is 1. The summed E-state index contributed by atoms with van der Waals surface area (Å²) in [6, 6.07) is 8.10. The van der Waals surface area contributed by atoms with Gasteiger partial charge in [-0.2, -0.15) is 0 Å². The minimum absolute atomic E-state index is 0.0130. The van der Waals surface area contributed by atoms with Gasteiger partial charge in [0.1, 0.15) is 6.04 Å². The molecule has 0 saturated heterocycles. The molecule has 4 rings (SSSR count). The first-order valence-corrected chi connectivity index (χ1v) is 11.2. The smallest absolute Gasteiger partial charge is 0.338 e. The summed E-state index contributed by atoms with van der Waals surface area (Å²) in [5.41, 5.74) is 1.29. The van der Waals surface area contributed by atoms with Crippen molar-refractivity contribution in [2.75, 3.05) is 13.7 Å². The van der Waals surface area contributed by atoms with E-state index in [0.717, 1.165) is 4.88 Å². The van der Waals surface area contributed by atoms with Gasteiger partial charge >= 0.3 is 5.97 Å². The second-order valence-electron chi connectivity index (χ2n) is 6.75. The van der Waals surface area contributed by atoms with Crippen molar-refractivity contribution in [3.8, 4) is 11.5 Å². The molecule has 1 aromatic carbocycles. The van der Waals surface area contributed by atoms with Crippen LogP contribution < -0.4 is 19.6 Å². The Morgan fingerprint density at radius 3 is 2.81 bits per heavy atom. The first-order valence-electron chi connectivity index (χ1n) is 9.54. The number of thiophene rings is 1. The summed E-state index contributed by atoms with van der Waals surface area (Å²) < 4.78 is 12.3.